The summed E-state index contributed by atoms with van der Waals surface area (Å²) in [5.74, 6) is 1.19. The molecule has 1 fully saturated rings. The predicted octanol–water partition coefficient (Wildman–Crippen LogP) is 0.946. The highest BCUT2D eigenvalue weighted by Crippen LogP contribution is 2.12. The summed E-state index contributed by atoms with van der Waals surface area (Å²) >= 11 is 1.76. The van der Waals surface area contributed by atoms with Crippen LogP contribution in [-0.2, 0) is 9.53 Å². The maximum Gasteiger partial charge on any atom is 0.130 e. The third-order valence-electron chi connectivity index (χ3n) is 1.70. The molecule has 1 saturated heterocycles. The lowest BCUT2D eigenvalue weighted by atomic mass is 10.4. The molecule has 0 aliphatic carbocycles. The fourth-order valence-electron chi connectivity index (χ4n) is 0.994. The molecule has 0 unspecified atom stereocenters. The Morgan fingerprint density at radius 3 is 2.75 bits per heavy atom. The van der Waals surface area contributed by atoms with Crippen LogP contribution in [0.2, 0.25) is 0 Å². The first-order valence-electron chi connectivity index (χ1n) is 4.24. The molecule has 0 aromatic heterocycles. The van der Waals surface area contributed by atoms with Gasteiger partial charge in [0.05, 0.1) is 13.2 Å². The first kappa shape index (κ1) is 10.0. The van der Waals surface area contributed by atoms with Gasteiger partial charge in [0, 0.05) is 25.3 Å². The predicted molar refractivity (Wildman–Crippen MR) is 50.1 cm³/mol. The van der Waals surface area contributed by atoms with Crippen molar-refractivity contribution in [1.29, 1.82) is 0 Å². The van der Waals surface area contributed by atoms with Crippen molar-refractivity contribution in [3.05, 3.63) is 0 Å². The van der Waals surface area contributed by atoms with Crippen LogP contribution in [0.4, 0.5) is 0 Å². The number of rotatable bonds is 4. The van der Waals surface area contributed by atoms with Crippen LogP contribution < -0.4 is 0 Å². The zero-order valence-electron chi connectivity index (χ0n) is 7.41. The van der Waals surface area contributed by atoms with Gasteiger partial charge in [0.1, 0.15) is 5.78 Å². The quantitative estimate of drug-likeness (QED) is 0.616. The maximum atomic E-state index is 10.6. The molecular formula is C8H15NO2S. The van der Waals surface area contributed by atoms with Crippen molar-refractivity contribution in [2.75, 3.05) is 32.1 Å². The zero-order valence-corrected chi connectivity index (χ0v) is 8.23. The van der Waals surface area contributed by atoms with E-state index in [4.69, 9.17) is 4.74 Å². The lowest BCUT2D eigenvalue weighted by Crippen LogP contribution is -2.31. The van der Waals surface area contributed by atoms with Crippen molar-refractivity contribution in [2.24, 2.45) is 0 Å². The molecule has 0 radical (unpaired) electrons. The minimum atomic E-state index is 0.274. The zero-order chi connectivity index (χ0) is 8.81. The number of Topliss-reactive ketones (excluding diaryl/α,β-unsaturated/α-hetero) is 1. The molecule has 0 amide bonds. The fraction of sp³-hybridized carbons (Fsp3) is 0.875. The normalized spacial score (nSPS) is 19.4. The number of ether oxygens (including phenoxy) is 1. The number of hydrogen-bond acceptors (Lipinski definition) is 4. The average molecular weight is 189 g/mol. The van der Waals surface area contributed by atoms with E-state index in [9.17, 15) is 4.79 Å². The third kappa shape index (κ3) is 4.09. The molecule has 3 nitrogen and oxygen atoms in total. The highest BCUT2D eigenvalue weighted by molar-refractivity contribution is 7.97. The van der Waals surface area contributed by atoms with Crippen molar-refractivity contribution < 1.29 is 9.53 Å². The van der Waals surface area contributed by atoms with E-state index >= 15 is 0 Å². The molecule has 1 aliphatic rings. The smallest absolute Gasteiger partial charge is 0.130 e. The Hall–Kier alpha value is -0.0600. The molecule has 0 spiro atoms. The van der Waals surface area contributed by atoms with Gasteiger partial charge in [-0.15, -0.1) is 0 Å². The molecular weight excluding hydrogens is 174 g/mol. The van der Waals surface area contributed by atoms with Crippen molar-refractivity contribution in [1.82, 2.24) is 4.31 Å². The van der Waals surface area contributed by atoms with Crippen LogP contribution >= 0.6 is 11.9 Å². The van der Waals surface area contributed by atoms with Crippen molar-refractivity contribution in [2.45, 2.75) is 13.3 Å². The molecule has 1 rings (SSSR count). The van der Waals surface area contributed by atoms with E-state index in [-0.39, 0.29) is 5.78 Å². The number of nitrogens with zero attached hydrogens (tertiary/aromatic N) is 1. The standard InChI is InChI=1S/C8H15NO2S/c1-8(10)2-7-12-9-3-5-11-6-4-9/h2-7H2,1H3. The van der Waals surface area contributed by atoms with E-state index in [1.54, 1.807) is 18.9 Å². The largest absolute Gasteiger partial charge is 0.379 e. The SMILES string of the molecule is CC(=O)CCSN1CCOCC1. The van der Waals surface area contributed by atoms with Crippen molar-refractivity contribution in [3.63, 3.8) is 0 Å². The number of carbonyl (C=O) groups is 1. The molecule has 70 valence electrons. The molecule has 0 aromatic carbocycles. The van der Waals surface area contributed by atoms with Gasteiger partial charge in [0.25, 0.3) is 0 Å². The summed E-state index contributed by atoms with van der Waals surface area (Å²) in [4.78, 5) is 10.6. The molecule has 4 heteroatoms. The Kier molecular flexibility index (Phi) is 4.65. The van der Waals surface area contributed by atoms with Crippen LogP contribution in [0.5, 0.6) is 0 Å². The van der Waals surface area contributed by atoms with E-state index in [2.05, 4.69) is 4.31 Å². The number of morpholine rings is 1. The van der Waals surface area contributed by atoms with Crippen molar-refractivity contribution >= 4 is 17.7 Å². The van der Waals surface area contributed by atoms with Gasteiger partial charge in [-0.05, 0) is 6.92 Å². The third-order valence-corrected chi connectivity index (χ3v) is 2.82. The fourth-order valence-corrected chi connectivity index (χ4v) is 2.04. The van der Waals surface area contributed by atoms with E-state index in [0.29, 0.717) is 6.42 Å². The lowest BCUT2D eigenvalue weighted by molar-refractivity contribution is -0.116. The summed E-state index contributed by atoms with van der Waals surface area (Å²) in [7, 11) is 0. The topological polar surface area (TPSA) is 29.5 Å². The van der Waals surface area contributed by atoms with Gasteiger partial charge in [-0.2, -0.15) is 0 Å². The second-order valence-electron chi connectivity index (χ2n) is 2.83. The Labute approximate surface area is 77.6 Å². The summed E-state index contributed by atoms with van der Waals surface area (Å²) in [6.07, 6.45) is 0.683. The molecule has 0 N–H and O–H groups in total. The van der Waals surface area contributed by atoms with Gasteiger partial charge < -0.3 is 4.74 Å². The van der Waals surface area contributed by atoms with Crippen LogP contribution in [0.25, 0.3) is 0 Å². The number of carbonyl (C=O) groups excluding carboxylic acids is 1. The Balaban J connectivity index is 2.01. The van der Waals surface area contributed by atoms with Gasteiger partial charge >= 0.3 is 0 Å². The number of hydrogen-bond donors (Lipinski definition) is 0. The second kappa shape index (κ2) is 5.56. The second-order valence-corrected chi connectivity index (χ2v) is 4.01. The summed E-state index contributed by atoms with van der Waals surface area (Å²) in [6.45, 7) is 5.27. The summed E-state index contributed by atoms with van der Waals surface area (Å²) in [5.41, 5.74) is 0. The summed E-state index contributed by atoms with van der Waals surface area (Å²) in [5, 5.41) is 0. The van der Waals surface area contributed by atoms with Crippen LogP contribution in [0.1, 0.15) is 13.3 Å². The highest BCUT2D eigenvalue weighted by Gasteiger charge is 2.10. The maximum absolute atomic E-state index is 10.6. The van der Waals surface area contributed by atoms with E-state index in [1.807, 2.05) is 0 Å². The van der Waals surface area contributed by atoms with Gasteiger partial charge in [-0.3, -0.25) is 4.79 Å². The molecule has 0 aromatic rings. The van der Waals surface area contributed by atoms with Gasteiger partial charge in [-0.25, -0.2) is 4.31 Å². The number of ketones is 1. The van der Waals surface area contributed by atoms with Crippen LogP contribution in [-0.4, -0.2) is 42.1 Å². The average Bonchev–Trinajstić information content (AvgIpc) is 2.05. The minimum absolute atomic E-state index is 0.274. The van der Waals surface area contributed by atoms with Crippen LogP contribution in [0.3, 0.4) is 0 Å². The molecule has 1 heterocycles. The molecule has 0 atom stereocenters. The summed E-state index contributed by atoms with van der Waals surface area (Å²) < 4.78 is 7.48. The monoisotopic (exact) mass is 189 g/mol. The molecule has 1 aliphatic heterocycles. The minimum Gasteiger partial charge on any atom is -0.379 e. The van der Waals surface area contributed by atoms with Crippen LogP contribution in [0.15, 0.2) is 0 Å². The van der Waals surface area contributed by atoms with Crippen LogP contribution in [0, 0.1) is 0 Å². The van der Waals surface area contributed by atoms with Gasteiger partial charge in [-0.1, -0.05) is 11.9 Å². The Morgan fingerprint density at radius 2 is 2.17 bits per heavy atom. The van der Waals surface area contributed by atoms with Gasteiger partial charge in [0.15, 0.2) is 0 Å². The van der Waals surface area contributed by atoms with E-state index < -0.39 is 0 Å². The first-order valence-corrected chi connectivity index (χ1v) is 5.18. The van der Waals surface area contributed by atoms with E-state index in [0.717, 1.165) is 32.1 Å². The molecule has 0 saturated carbocycles. The highest BCUT2D eigenvalue weighted by atomic mass is 32.2. The molecule has 12 heavy (non-hydrogen) atoms. The first-order chi connectivity index (χ1) is 5.79. The van der Waals surface area contributed by atoms with Gasteiger partial charge in [0.2, 0.25) is 0 Å². The lowest BCUT2D eigenvalue weighted by Gasteiger charge is -2.24. The summed E-state index contributed by atoms with van der Waals surface area (Å²) in [6, 6.07) is 0. The molecule has 0 bridgehead atoms. The van der Waals surface area contributed by atoms with E-state index in [1.165, 1.54) is 0 Å². The Morgan fingerprint density at radius 1 is 1.50 bits per heavy atom. The Bertz CT molecular complexity index is 146. The van der Waals surface area contributed by atoms with Crippen molar-refractivity contribution in [3.8, 4) is 0 Å².